The number of nitrogens with zero attached hydrogens (tertiary/aromatic N) is 1. The van der Waals surface area contributed by atoms with Crippen LogP contribution in [0, 0.1) is 0 Å². The van der Waals surface area contributed by atoms with Gasteiger partial charge in [-0.2, -0.15) is 0 Å². The fraction of sp³-hybridized carbons (Fsp3) is 0.308. The van der Waals surface area contributed by atoms with Crippen LogP contribution in [-0.2, 0) is 9.53 Å². The third kappa shape index (κ3) is 2.03. The third-order valence-electron chi connectivity index (χ3n) is 2.67. The van der Waals surface area contributed by atoms with Crippen LogP contribution in [0.1, 0.15) is 13.2 Å². The second-order valence-corrected chi connectivity index (χ2v) is 3.70. The van der Waals surface area contributed by atoms with Gasteiger partial charge in [-0.05, 0) is 25.1 Å². The van der Waals surface area contributed by atoms with Crippen molar-refractivity contribution in [2.24, 2.45) is 0 Å². The minimum Gasteiger partial charge on any atom is -0.496 e. The van der Waals surface area contributed by atoms with Crippen molar-refractivity contribution in [3.05, 3.63) is 30.5 Å². The van der Waals surface area contributed by atoms with Crippen LogP contribution in [0.25, 0.3) is 10.9 Å². The molecule has 1 atom stereocenters. The van der Waals surface area contributed by atoms with Crippen molar-refractivity contribution in [3.63, 3.8) is 0 Å². The Labute approximate surface area is 104 Å². The predicted molar refractivity (Wildman–Crippen MR) is 65.3 cm³/mol. The van der Waals surface area contributed by atoms with E-state index >= 15 is 0 Å². The van der Waals surface area contributed by atoms with E-state index in [1.807, 2.05) is 0 Å². The van der Waals surface area contributed by atoms with Gasteiger partial charge < -0.3 is 14.0 Å². The molecule has 4 nitrogen and oxygen atoms in total. The Bertz CT molecular complexity index is 564. The number of carbonyl (C=O) groups excluding carboxylic acids is 1. The van der Waals surface area contributed by atoms with E-state index in [4.69, 9.17) is 4.74 Å². The van der Waals surface area contributed by atoms with Crippen LogP contribution >= 0.6 is 0 Å². The first-order chi connectivity index (χ1) is 8.69. The van der Waals surface area contributed by atoms with Crippen molar-refractivity contribution >= 4 is 16.9 Å². The summed E-state index contributed by atoms with van der Waals surface area (Å²) in [7, 11) is 1.55. The topological polar surface area (TPSA) is 40.5 Å². The zero-order chi connectivity index (χ0) is 13.1. The quantitative estimate of drug-likeness (QED) is 0.784. The van der Waals surface area contributed by atoms with E-state index in [9.17, 15) is 9.18 Å². The molecule has 0 aliphatic rings. The first kappa shape index (κ1) is 12.4. The van der Waals surface area contributed by atoms with Gasteiger partial charge in [0.1, 0.15) is 5.75 Å². The molecule has 0 amide bonds. The Morgan fingerprint density at radius 3 is 2.89 bits per heavy atom. The summed E-state index contributed by atoms with van der Waals surface area (Å²) < 4.78 is 25.0. The third-order valence-corrected chi connectivity index (χ3v) is 2.67. The first-order valence-corrected chi connectivity index (χ1v) is 5.63. The van der Waals surface area contributed by atoms with Crippen LogP contribution in [0.5, 0.6) is 5.75 Å². The summed E-state index contributed by atoms with van der Waals surface area (Å²) in [6.45, 7) is 1.79. The fourth-order valence-corrected chi connectivity index (χ4v) is 1.86. The van der Waals surface area contributed by atoms with Gasteiger partial charge in [0.2, 0.25) is 0 Å². The minimum atomic E-state index is -1.84. The van der Waals surface area contributed by atoms with Crippen molar-refractivity contribution < 1.29 is 18.7 Å². The van der Waals surface area contributed by atoms with Gasteiger partial charge in [0.25, 0.3) is 6.30 Å². The molecular formula is C13H14FNO3. The number of halogens is 1. The summed E-state index contributed by atoms with van der Waals surface area (Å²) in [4.78, 5) is 11.4. The molecule has 1 heterocycles. The van der Waals surface area contributed by atoms with E-state index in [-0.39, 0.29) is 6.61 Å². The van der Waals surface area contributed by atoms with Gasteiger partial charge in [-0.25, -0.2) is 9.18 Å². The van der Waals surface area contributed by atoms with Gasteiger partial charge in [-0.1, -0.05) is 6.07 Å². The summed E-state index contributed by atoms with van der Waals surface area (Å²) in [6.07, 6.45) is -0.330. The maximum absolute atomic E-state index is 14.0. The molecular weight excluding hydrogens is 237 g/mol. The molecule has 2 aromatic rings. The molecule has 1 aromatic carbocycles. The number of hydrogen-bond donors (Lipinski definition) is 0. The summed E-state index contributed by atoms with van der Waals surface area (Å²) in [5.74, 6) is -0.250. The van der Waals surface area contributed by atoms with Gasteiger partial charge in [-0.3, -0.25) is 0 Å². The summed E-state index contributed by atoms with van der Waals surface area (Å²) in [5, 5.41) is 0.756. The van der Waals surface area contributed by atoms with E-state index in [2.05, 4.69) is 4.74 Å². The molecule has 0 aliphatic heterocycles. The number of aromatic nitrogens is 1. The molecule has 0 spiro atoms. The van der Waals surface area contributed by atoms with Crippen molar-refractivity contribution in [1.82, 2.24) is 4.57 Å². The number of methoxy groups -OCH3 is 1. The lowest BCUT2D eigenvalue weighted by atomic mass is 10.2. The second-order valence-electron chi connectivity index (χ2n) is 3.70. The smallest absolute Gasteiger partial charge is 0.362 e. The zero-order valence-corrected chi connectivity index (χ0v) is 10.2. The molecule has 18 heavy (non-hydrogen) atoms. The van der Waals surface area contributed by atoms with Crippen LogP contribution in [0.2, 0.25) is 0 Å². The Morgan fingerprint density at radius 2 is 2.22 bits per heavy atom. The SMILES string of the molecule is CCOC(=O)C(F)n1ccc2c(OC)cccc21. The van der Waals surface area contributed by atoms with Crippen molar-refractivity contribution in [3.8, 4) is 5.75 Å². The highest BCUT2D eigenvalue weighted by Gasteiger charge is 2.22. The molecule has 0 radical (unpaired) electrons. The van der Waals surface area contributed by atoms with E-state index in [1.165, 1.54) is 10.8 Å². The van der Waals surface area contributed by atoms with Gasteiger partial charge in [0.05, 0.1) is 19.2 Å². The summed E-state index contributed by atoms with van der Waals surface area (Å²) in [6, 6.07) is 6.96. The van der Waals surface area contributed by atoms with Crippen LogP contribution in [0.4, 0.5) is 4.39 Å². The molecule has 0 saturated carbocycles. The molecule has 5 heteroatoms. The standard InChI is InChI=1S/C13H14FNO3/c1-3-18-13(16)12(14)15-8-7-9-10(15)5-4-6-11(9)17-2/h4-8,12H,3H2,1-2H3. The minimum absolute atomic E-state index is 0.155. The number of ether oxygens (including phenoxy) is 2. The maximum atomic E-state index is 14.0. The molecule has 2 rings (SSSR count). The zero-order valence-electron chi connectivity index (χ0n) is 10.2. The molecule has 1 aromatic heterocycles. The molecule has 0 N–H and O–H groups in total. The number of carbonyl (C=O) groups is 1. The highest BCUT2D eigenvalue weighted by atomic mass is 19.1. The first-order valence-electron chi connectivity index (χ1n) is 5.63. The number of rotatable bonds is 4. The lowest BCUT2D eigenvalue weighted by molar-refractivity contribution is -0.152. The number of alkyl halides is 1. The number of benzene rings is 1. The lowest BCUT2D eigenvalue weighted by Gasteiger charge is -2.11. The summed E-state index contributed by atoms with van der Waals surface area (Å²) in [5.41, 5.74) is 0.593. The maximum Gasteiger partial charge on any atom is 0.362 e. The van der Waals surface area contributed by atoms with Gasteiger partial charge in [-0.15, -0.1) is 0 Å². The van der Waals surface area contributed by atoms with Gasteiger partial charge >= 0.3 is 5.97 Å². The molecule has 0 bridgehead atoms. The van der Waals surface area contributed by atoms with E-state index in [0.29, 0.717) is 11.3 Å². The van der Waals surface area contributed by atoms with E-state index in [1.54, 1.807) is 38.3 Å². The average molecular weight is 251 g/mol. The monoisotopic (exact) mass is 251 g/mol. The van der Waals surface area contributed by atoms with Crippen molar-refractivity contribution in [2.75, 3.05) is 13.7 Å². The van der Waals surface area contributed by atoms with Gasteiger partial charge in [0.15, 0.2) is 0 Å². The Morgan fingerprint density at radius 1 is 1.44 bits per heavy atom. The predicted octanol–water partition coefficient (Wildman–Crippen LogP) is 2.68. The van der Waals surface area contributed by atoms with E-state index < -0.39 is 12.3 Å². The van der Waals surface area contributed by atoms with Gasteiger partial charge in [0, 0.05) is 11.6 Å². The lowest BCUT2D eigenvalue weighted by Crippen LogP contribution is -2.17. The average Bonchev–Trinajstić information content (AvgIpc) is 2.81. The molecule has 0 saturated heterocycles. The molecule has 1 unspecified atom stereocenters. The van der Waals surface area contributed by atoms with Crippen LogP contribution in [0.15, 0.2) is 30.5 Å². The normalized spacial score (nSPS) is 12.4. The highest BCUT2D eigenvalue weighted by Crippen LogP contribution is 2.29. The fourth-order valence-electron chi connectivity index (χ4n) is 1.86. The van der Waals surface area contributed by atoms with Crippen molar-refractivity contribution in [2.45, 2.75) is 13.2 Å². The second kappa shape index (κ2) is 5.08. The highest BCUT2D eigenvalue weighted by molar-refractivity contribution is 5.88. The Hall–Kier alpha value is -2.04. The number of fused-ring (bicyclic) bond motifs is 1. The molecule has 0 aliphatic carbocycles. The largest absolute Gasteiger partial charge is 0.496 e. The summed E-state index contributed by atoms with van der Waals surface area (Å²) >= 11 is 0. The van der Waals surface area contributed by atoms with Crippen LogP contribution in [-0.4, -0.2) is 24.3 Å². The molecule has 96 valence electrons. The Kier molecular flexibility index (Phi) is 3.50. The number of hydrogen-bond acceptors (Lipinski definition) is 3. The van der Waals surface area contributed by atoms with Crippen molar-refractivity contribution in [1.29, 1.82) is 0 Å². The van der Waals surface area contributed by atoms with Crippen LogP contribution < -0.4 is 4.74 Å². The molecule has 0 fully saturated rings. The Balaban J connectivity index is 2.43. The van der Waals surface area contributed by atoms with Crippen LogP contribution in [0.3, 0.4) is 0 Å². The number of esters is 1. The van der Waals surface area contributed by atoms with E-state index in [0.717, 1.165) is 5.39 Å².